The lowest BCUT2D eigenvalue weighted by atomic mass is 9.86. The molecule has 7 nitrogen and oxygen atoms in total. The molecule has 0 N–H and O–H groups in total. The highest BCUT2D eigenvalue weighted by atomic mass is 16.5. The number of rotatable bonds is 4. The van der Waals surface area contributed by atoms with Crippen molar-refractivity contribution in [3.8, 4) is 23.4 Å². The molecule has 0 spiro atoms. The number of benzene rings is 2. The van der Waals surface area contributed by atoms with Gasteiger partial charge in [-0.1, -0.05) is 36.4 Å². The van der Waals surface area contributed by atoms with Gasteiger partial charge in [-0.05, 0) is 25.0 Å². The smallest absolute Gasteiger partial charge is 0.319 e. The highest BCUT2D eigenvalue weighted by Gasteiger charge is 2.37. The third-order valence-electron chi connectivity index (χ3n) is 5.69. The number of hydrogen-bond donors (Lipinski definition) is 0. The lowest BCUT2D eigenvalue weighted by Crippen LogP contribution is -2.46. The molecule has 2 aliphatic rings. The van der Waals surface area contributed by atoms with E-state index in [0.717, 1.165) is 35.5 Å². The molecular weight excluding hydrogens is 394 g/mol. The molecule has 1 aromatic heterocycles. The molecule has 7 heteroatoms. The topological polar surface area (TPSA) is 73.8 Å². The summed E-state index contributed by atoms with van der Waals surface area (Å²) in [6, 6.07) is 17.5. The molecule has 3 aromatic rings. The fourth-order valence-corrected chi connectivity index (χ4v) is 4.25. The number of methoxy groups -OCH3 is 1. The number of amides is 1. The first-order valence-corrected chi connectivity index (χ1v) is 10.4. The van der Waals surface area contributed by atoms with Crippen molar-refractivity contribution >= 4 is 5.91 Å². The molecule has 1 unspecified atom stereocenters. The maximum Gasteiger partial charge on any atom is 0.319 e. The number of nitrogens with zero attached hydrogens (tertiary/aromatic N) is 3. The van der Waals surface area contributed by atoms with Gasteiger partial charge < -0.3 is 19.1 Å². The van der Waals surface area contributed by atoms with Crippen LogP contribution in [0.3, 0.4) is 0 Å². The minimum absolute atomic E-state index is 0.0665. The van der Waals surface area contributed by atoms with Crippen molar-refractivity contribution in [1.82, 2.24) is 14.9 Å². The number of carbonyl (C=O) groups is 1. The van der Waals surface area contributed by atoms with Crippen LogP contribution < -0.4 is 14.2 Å². The third kappa shape index (κ3) is 3.79. The van der Waals surface area contributed by atoms with Gasteiger partial charge in [0.05, 0.1) is 19.6 Å². The van der Waals surface area contributed by atoms with E-state index in [-0.39, 0.29) is 23.9 Å². The van der Waals surface area contributed by atoms with Crippen LogP contribution in [-0.2, 0) is 4.79 Å². The molecule has 0 aliphatic carbocycles. The molecular formula is C24H23N3O4. The lowest BCUT2D eigenvalue weighted by Gasteiger charge is -2.36. The highest BCUT2D eigenvalue weighted by molar-refractivity contribution is 5.89. The SMILES string of the molecule is COc1nccc(OC2CCCN(C(=O)C3c4ccccc4Oc4ccccc43)C2)n1. The summed E-state index contributed by atoms with van der Waals surface area (Å²) < 4.78 is 17.2. The fourth-order valence-electron chi connectivity index (χ4n) is 4.25. The van der Waals surface area contributed by atoms with Gasteiger partial charge in [0.15, 0.2) is 0 Å². The van der Waals surface area contributed by atoms with Crippen LogP contribution >= 0.6 is 0 Å². The zero-order chi connectivity index (χ0) is 21.2. The zero-order valence-electron chi connectivity index (χ0n) is 17.2. The van der Waals surface area contributed by atoms with Crippen LogP contribution in [0.2, 0.25) is 0 Å². The molecule has 1 amide bonds. The normalized spacial score (nSPS) is 17.8. The summed E-state index contributed by atoms with van der Waals surface area (Å²) in [5.74, 6) is 1.60. The Bertz CT molecular complexity index is 1060. The van der Waals surface area contributed by atoms with Crippen LogP contribution in [0.5, 0.6) is 23.4 Å². The minimum Gasteiger partial charge on any atom is -0.472 e. The molecule has 5 rings (SSSR count). The highest BCUT2D eigenvalue weighted by Crippen LogP contribution is 2.44. The Labute approximate surface area is 180 Å². The Kier molecular flexibility index (Phi) is 5.16. The number of para-hydroxylation sites is 2. The van der Waals surface area contributed by atoms with Gasteiger partial charge in [-0.2, -0.15) is 4.98 Å². The van der Waals surface area contributed by atoms with E-state index in [1.165, 1.54) is 7.11 Å². The second kappa shape index (κ2) is 8.26. The van der Waals surface area contributed by atoms with Gasteiger partial charge in [0.1, 0.15) is 17.6 Å². The molecule has 0 bridgehead atoms. The third-order valence-corrected chi connectivity index (χ3v) is 5.69. The molecule has 0 radical (unpaired) electrons. The van der Waals surface area contributed by atoms with E-state index in [0.29, 0.717) is 19.0 Å². The molecule has 3 heterocycles. The summed E-state index contributed by atoms with van der Waals surface area (Å²) in [5.41, 5.74) is 1.80. The van der Waals surface area contributed by atoms with Crippen molar-refractivity contribution in [3.63, 3.8) is 0 Å². The zero-order valence-corrected chi connectivity index (χ0v) is 17.2. The Hall–Kier alpha value is -3.61. The number of fused-ring (bicyclic) bond motifs is 2. The Morgan fingerprint density at radius 3 is 2.48 bits per heavy atom. The van der Waals surface area contributed by atoms with Crippen molar-refractivity contribution in [2.24, 2.45) is 0 Å². The maximum absolute atomic E-state index is 13.7. The minimum atomic E-state index is -0.390. The first kappa shape index (κ1) is 19.4. The van der Waals surface area contributed by atoms with Crippen molar-refractivity contribution in [2.45, 2.75) is 24.9 Å². The first-order valence-electron chi connectivity index (χ1n) is 10.4. The van der Waals surface area contributed by atoms with Crippen LogP contribution in [-0.4, -0.2) is 47.1 Å². The van der Waals surface area contributed by atoms with Gasteiger partial charge in [0, 0.05) is 29.9 Å². The van der Waals surface area contributed by atoms with E-state index < -0.39 is 0 Å². The van der Waals surface area contributed by atoms with E-state index in [1.54, 1.807) is 12.3 Å². The molecule has 2 aromatic carbocycles. The summed E-state index contributed by atoms with van der Waals surface area (Å²) in [4.78, 5) is 23.9. The number of hydrogen-bond acceptors (Lipinski definition) is 6. The average molecular weight is 417 g/mol. The fraction of sp³-hybridized carbons (Fsp3) is 0.292. The second-order valence-corrected chi connectivity index (χ2v) is 7.66. The molecule has 1 saturated heterocycles. The Morgan fingerprint density at radius 1 is 1.06 bits per heavy atom. The molecule has 2 aliphatic heterocycles. The van der Waals surface area contributed by atoms with E-state index >= 15 is 0 Å². The predicted octanol–water partition coefficient (Wildman–Crippen LogP) is 3.79. The first-order chi connectivity index (χ1) is 15.2. The quantitative estimate of drug-likeness (QED) is 0.643. The maximum atomic E-state index is 13.7. The number of ether oxygens (including phenoxy) is 3. The monoisotopic (exact) mass is 417 g/mol. The summed E-state index contributed by atoms with van der Waals surface area (Å²) in [6.45, 7) is 1.21. The molecule has 158 valence electrons. The number of piperidine rings is 1. The van der Waals surface area contributed by atoms with Crippen LogP contribution in [0.4, 0.5) is 0 Å². The number of likely N-dealkylation sites (tertiary alicyclic amines) is 1. The van der Waals surface area contributed by atoms with E-state index in [1.807, 2.05) is 53.4 Å². The summed E-state index contributed by atoms with van der Waals surface area (Å²) in [6.07, 6.45) is 3.19. The average Bonchev–Trinajstić information content (AvgIpc) is 2.82. The Balaban J connectivity index is 1.39. The Morgan fingerprint density at radius 2 is 1.77 bits per heavy atom. The largest absolute Gasteiger partial charge is 0.472 e. The molecule has 31 heavy (non-hydrogen) atoms. The van der Waals surface area contributed by atoms with Gasteiger partial charge in [-0.25, -0.2) is 4.98 Å². The van der Waals surface area contributed by atoms with Crippen LogP contribution in [0.15, 0.2) is 60.8 Å². The molecule has 1 atom stereocenters. The summed E-state index contributed by atoms with van der Waals surface area (Å²) >= 11 is 0. The van der Waals surface area contributed by atoms with E-state index in [4.69, 9.17) is 14.2 Å². The molecule has 0 saturated carbocycles. The number of aromatic nitrogens is 2. The van der Waals surface area contributed by atoms with E-state index in [2.05, 4.69) is 9.97 Å². The van der Waals surface area contributed by atoms with Gasteiger partial charge >= 0.3 is 6.01 Å². The van der Waals surface area contributed by atoms with Crippen molar-refractivity contribution in [2.75, 3.05) is 20.2 Å². The van der Waals surface area contributed by atoms with Gasteiger partial charge in [-0.15, -0.1) is 0 Å². The van der Waals surface area contributed by atoms with Crippen LogP contribution in [0, 0.1) is 0 Å². The van der Waals surface area contributed by atoms with E-state index in [9.17, 15) is 4.79 Å². The summed E-state index contributed by atoms with van der Waals surface area (Å²) in [7, 11) is 1.52. The summed E-state index contributed by atoms with van der Waals surface area (Å²) in [5, 5.41) is 0. The standard InChI is InChI=1S/C24H23N3O4/c1-29-24-25-13-12-21(26-24)30-16-7-6-14-27(15-16)23(28)22-17-8-2-4-10-19(17)31-20-11-5-3-9-18(20)22/h2-5,8-13,16,22H,6-7,14-15H2,1H3. The van der Waals surface area contributed by atoms with Gasteiger partial charge in [-0.3, -0.25) is 4.79 Å². The predicted molar refractivity (Wildman–Crippen MR) is 114 cm³/mol. The van der Waals surface area contributed by atoms with Crippen molar-refractivity contribution in [1.29, 1.82) is 0 Å². The second-order valence-electron chi connectivity index (χ2n) is 7.66. The lowest BCUT2D eigenvalue weighted by molar-refractivity contribution is -0.134. The van der Waals surface area contributed by atoms with Gasteiger partial charge in [0.2, 0.25) is 11.8 Å². The van der Waals surface area contributed by atoms with Crippen LogP contribution in [0.1, 0.15) is 29.9 Å². The van der Waals surface area contributed by atoms with Crippen molar-refractivity contribution < 1.29 is 19.0 Å². The van der Waals surface area contributed by atoms with Gasteiger partial charge in [0.25, 0.3) is 0 Å². The van der Waals surface area contributed by atoms with Crippen LogP contribution in [0.25, 0.3) is 0 Å². The molecule has 1 fully saturated rings. The number of carbonyl (C=O) groups excluding carboxylic acids is 1. The van der Waals surface area contributed by atoms with Crippen molar-refractivity contribution in [3.05, 3.63) is 71.9 Å².